The molecule has 0 aliphatic heterocycles. The van der Waals surface area contributed by atoms with E-state index in [0.29, 0.717) is 17.1 Å². The highest BCUT2D eigenvalue weighted by Gasteiger charge is 2.23. The minimum absolute atomic E-state index is 0.104. The van der Waals surface area contributed by atoms with Gasteiger partial charge in [-0.2, -0.15) is 0 Å². The van der Waals surface area contributed by atoms with Crippen molar-refractivity contribution in [2.24, 2.45) is 0 Å². The molecule has 1 aromatic carbocycles. The van der Waals surface area contributed by atoms with Gasteiger partial charge >= 0.3 is 5.69 Å². The van der Waals surface area contributed by atoms with E-state index < -0.39 is 4.92 Å². The van der Waals surface area contributed by atoms with E-state index in [0.717, 1.165) is 6.33 Å². The van der Waals surface area contributed by atoms with Crippen LogP contribution in [0.2, 0.25) is 5.15 Å². The Bertz CT molecular complexity index is 641. The average molecular weight is 296 g/mol. The van der Waals surface area contributed by atoms with Crippen molar-refractivity contribution in [3.63, 3.8) is 0 Å². The van der Waals surface area contributed by atoms with Crippen LogP contribution in [0.3, 0.4) is 0 Å². The van der Waals surface area contributed by atoms with Gasteiger partial charge in [0.25, 0.3) is 0 Å². The minimum atomic E-state index is -0.621. The normalized spacial score (nSPS) is 10.2. The fraction of sp³-hybridized carbons (Fsp3) is 0.167. The number of halogens is 1. The minimum Gasteiger partial charge on any atom is -0.497 e. The van der Waals surface area contributed by atoms with Crippen molar-refractivity contribution >= 4 is 17.3 Å². The van der Waals surface area contributed by atoms with Gasteiger partial charge in [-0.15, -0.1) is 0 Å². The second-order valence-corrected chi connectivity index (χ2v) is 4.08. The molecule has 7 nitrogen and oxygen atoms in total. The van der Waals surface area contributed by atoms with Gasteiger partial charge in [-0.05, 0) is 12.1 Å². The summed E-state index contributed by atoms with van der Waals surface area (Å²) in [6.45, 7) is 0. The first kappa shape index (κ1) is 14.0. The van der Waals surface area contributed by atoms with Crippen molar-refractivity contribution in [3.8, 4) is 22.8 Å². The Morgan fingerprint density at radius 1 is 1.15 bits per heavy atom. The first-order chi connectivity index (χ1) is 9.56. The summed E-state index contributed by atoms with van der Waals surface area (Å²) in [5.74, 6) is 0.978. The molecule has 0 spiro atoms. The smallest absolute Gasteiger partial charge is 0.332 e. The number of hydrogen-bond acceptors (Lipinski definition) is 6. The lowest BCUT2D eigenvalue weighted by Gasteiger charge is -2.08. The fourth-order valence-electron chi connectivity index (χ4n) is 1.67. The van der Waals surface area contributed by atoms with Crippen LogP contribution >= 0.6 is 11.6 Å². The zero-order chi connectivity index (χ0) is 14.7. The van der Waals surface area contributed by atoms with Crippen LogP contribution in [0.5, 0.6) is 11.5 Å². The quantitative estimate of drug-likeness (QED) is 0.489. The third kappa shape index (κ3) is 2.62. The maximum atomic E-state index is 11.1. The predicted molar refractivity (Wildman–Crippen MR) is 72.2 cm³/mol. The molecule has 1 aromatic heterocycles. The molecule has 2 aromatic rings. The van der Waals surface area contributed by atoms with Crippen LogP contribution in [0, 0.1) is 10.1 Å². The van der Waals surface area contributed by atoms with E-state index in [1.54, 1.807) is 18.2 Å². The van der Waals surface area contributed by atoms with Crippen LogP contribution in [0.4, 0.5) is 5.69 Å². The van der Waals surface area contributed by atoms with Crippen molar-refractivity contribution in [2.45, 2.75) is 0 Å². The molecular formula is C12H10ClN3O4. The van der Waals surface area contributed by atoms with Crippen LogP contribution in [0.15, 0.2) is 24.5 Å². The van der Waals surface area contributed by atoms with Gasteiger partial charge in [0.05, 0.1) is 19.1 Å². The fourth-order valence-corrected chi connectivity index (χ4v) is 1.88. The number of aromatic nitrogens is 2. The van der Waals surface area contributed by atoms with Gasteiger partial charge in [0.2, 0.25) is 5.15 Å². The van der Waals surface area contributed by atoms with Gasteiger partial charge in [0.15, 0.2) is 5.69 Å². The predicted octanol–water partition coefficient (Wildman–Crippen LogP) is 2.72. The number of hydrogen-bond donors (Lipinski definition) is 0. The topological polar surface area (TPSA) is 87.4 Å². The summed E-state index contributed by atoms with van der Waals surface area (Å²) in [5, 5.41) is 10.9. The third-order valence-corrected chi connectivity index (χ3v) is 2.86. The van der Waals surface area contributed by atoms with Crippen molar-refractivity contribution in [1.29, 1.82) is 0 Å². The Morgan fingerprint density at radius 3 is 2.25 bits per heavy atom. The van der Waals surface area contributed by atoms with E-state index in [-0.39, 0.29) is 16.5 Å². The highest BCUT2D eigenvalue weighted by Crippen LogP contribution is 2.36. The SMILES string of the molecule is COc1cc(OC)cc(-c2ncnc(Cl)c2[N+](=O)[O-])c1. The van der Waals surface area contributed by atoms with E-state index in [2.05, 4.69) is 9.97 Å². The van der Waals surface area contributed by atoms with Gasteiger partial charge in [-0.25, -0.2) is 9.97 Å². The summed E-state index contributed by atoms with van der Waals surface area (Å²) in [4.78, 5) is 18.0. The molecule has 8 heteroatoms. The van der Waals surface area contributed by atoms with Crippen LogP contribution in [0.1, 0.15) is 0 Å². The molecule has 0 saturated carbocycles. The van der Waals surface area contributed by atoms with Crippen LogP contribution in [-0.4, -0.2) is 29.1 Å². The highest BCUT2D eigenvalue weighted by molar-refractivity contribution is 6.31. The van der Waals surface area contributed by atoms with E-state index in [9.17, 15) is 10.1 Å². The maximum absolute atomic E-state index is 11.1. The van der Waals surface area contributed by atoms with Gasteiger partial charge in [0, 0.05) is 11.6 Å². The lowest BCUT2D eigenvalue weighted by molar-refractivity contribution is -0.384. The first-order valence-corrected chi connectivity index (χ1v) is 5.83. The summed E-state index contributed by atoms with van der Waals surface area (Å²) in [6.07, 6.45) is 1.16. The Kier molecular flexibility index (Phi) is 3.99. The standard InChI is InChI=1S/C12H10ClN3O4/c1-19-8-3-7(4-9(5-8)20-2)10-11(16(17)18)12(13)15-6-14-10/h3-6H,1-2H3. The van der Waals surface area contributed by atoms with Crippen LogP contribution in [0.25, 0.3) is 11.3 Å². The molecule has 0 saturated heterocycles. The maximum Gasteiger partial charge on any atom is 0.332 e. The monoisotopic (exact) mass is 295 g/mol. The van der Waals surface area contributed by atoms with E-state index in [4.69, 9.17) is 21.1 Å². The molecule has 0 radical (unpaired) electrons. The first-order valence-electron chi connectivity index (χ1n) is 5.45. The number of ether oxygens (including phenoxy) is 2. The van der Waals surface area contributed by atoms with Gasteiger partial charge in [-0.3, -0.25) is 10.1 Å². The Balaban J connectivity index is 2.68. The van der Waals surface area contributed by atoms with Gasteiger partial charge in [-0.1, -0.05) is 11.6 Å². The van der Waals surface area contributed by atoms with E-state index >= 15 is 0 Å². The zero-order valence-electron chi connectivity index (χ0n) is 10.7. The van der Waals surface area contributed by atoms with Crippen molar-refractivity contribution in [3.05, 3.63) is 39.8 Å². The second-order valence-electron chi connectivity index (χ2n) is 3.72. The number of benzene rings is 1. The summed E-state index contributed by atoms with van der Waals surface area (Å²) in [6, 6.07) is 4.86. The lowest BCUT2D eigenvalue weighted by atomic mass is 10.1. The Hall–Kier alpha value is -2.41. The summed E-state index contributed by atoms with van der Waals surface area (Å²) in [7, 11) is 2.97. The van der Waals surface area contributed by atoms with Crippen LogP contribution < -0.4 is 9.47 Å². The molecule has 20 heavy (non-hydrogen) atoms. The zero-order valence-corrected chi connectivity index (χ0v) is 11.4. The molecular weight excluding hydrogens is 286 g/mol. The molecule has 1 heterocycles. The molecule has 0 atom stereocenters. The largest absolute Gasteiger partial charge is 0.497 e. The van der Waals surface area contributed by atoms with Crippen LogP contribution in [-0.2, 0) is 0 Å². The van der Waals surface area contributed by atoms with Crippen molar-refractivity contribution < 1.29 is 14.4 Å². The molecule has 0 aliphatic carbocycles. The molecule has 0 unspecified atom stereocenters. The second kappa shape index (κ2) is 5.70. The Morgan fingerprint density at radius 2 is 1.75 bits per heavy atom. The summed E-state index contributed by atoms with van der Waals surface area (Å²) in [5.41, 5.74) is 0.203. The molecule has 2 rings (SSSR count). The molecule has 104 valence electrons. The number of nitrogens with zero attached hydrogens (tertiary/aromatic N) is 3. The van der Waals surface area contributed by atoms with E-state index in [1.807, 2.05) is 0 Å². The number of rotatable bonds is 4. The molecule has 0 bridgehead atoms. The molecule has 0 fully saturated rings. The van der Waals surface area contributed by atoms with E-state index in [1.165, 1.54) is 14.2 Å². The number of nitro groups is 1. The van der Waals surface area contributed by atoms with Crippen molar-refractivity contribution in [1.82, 2.24) is 9.97 Å². The summed E-state index contributed by atoms with van der Waals surface area (Å²) < 4.78 is 10.2. The van der Waals surface area contributed by atoms with Gasteiger partial charge in [0.1, 0.15) is 17.8 Å². The number of methoxy groups -OCH3 is 2. The highest BCUT2D eigenvalue weighted by atomic mass is 35.5. The Labute approximate surface area is 119 Å². The van der Waals surface area contributed by atoms with Crippen molar-refractivity contribution in [2.75, 3.05) is 14.2 Å². The summed E-state index contributed by atoms with van der Waals surface area (Å²) >= 11 is 5.77. The lowest BCUT2D eigenvalue weighted by Crippen LogP contribution is -1.98. The third-order valence-electron chi connectivity index (χ3n) is 2.59. The molecule has 0 amide bonds. The molecule has 0 aliphatic rings. The average Bonchev–Trinajstić information content (AvgIpc) is 2.45. The molecule has 0 N–H and O–H groups in total. The van der Waals surface area contributed by atoms with Gasteiger partial charge < -0.3 is 9.47 Å².